The lowest BCUT2D eigenvalue weighted by Gasteiger charge is -2.30. The number of imidazole rings is 1. The van der Waals surface area contributed by atoms with Gasteiger partial charge in [-0.2, -0.15) is 0 Å². The second kappa shape index (κ2) is 14.3. The number of alkyl carbamates (subject to hydrolysis) is 1. The zero-order valence-electron chi connectivity index (χ0n) is 26.3. The molecule has 0 spiro atoms. The highest BCUT2D eigenvalue weighted by molar-refractivity contribution is 5.89. The zero-order valence-corrected chi connectivity index (χ0v) is 26.3. The van der Waals surface area contributed by atoms with E-state index in [1.807, 2.05) is 43.5 Å². The van der Waals surface area contributed by atoms with Gasteiger partial charge in [0.1, 0.15) is 17.7 Å². The number of carbonyl (C=O) groups is 4. The van der Waals surface area contributed by atoms with Crippen molar-refractivity contribution in [3.8, 4) is 0 Å². The Labute approximate surface area is 254 Å². The topological polar surface area (TPSA) is 132 Å². The van der Waals surface area contributed by atoms with Gasteiger partial charge in [0.15, 0.2) is 0 Å². The summed E-state index contributed by atoms with van der Waals surface area (Å²) in [4.78, 5) is 58.2. The molecule has 1 aromatic heterocycles. The summed E-state index contributed by atoms with van der Waals surface area (Å²) >= 11 is 0. The van der Waals surface area contributed by atoms with E-state index >= 15 is 0 Å². The SMILES string of the molecule is COC(=O)[C@H](Cc1ccccc1)NC(=O)C(C)(C)/C=C/[C@H]1CCCN1C(=O)[C@H](Cc1cncn1C)NC(=O)OC(C)(C)C. The number of nitrogens with zero attached hydrogens (tertiary/aromatic N) is 3. The molecule has 234 valence electrons. The van der Waals surface area contributed by atoms with Gasteiger partial charge in [-0.1, -0.05) is 42.5 Å². The molecule has 2 N–H and O–H groups in total. The van der Waals surface area contributed by atoms with Gasteiger partial charge in [-0.05, 0) is 53.0 Å². The molecule has 11 heteroatoms. The van der Waals surface area contributed by atoms with Crippen molar-refractivity contribution in [2.75, 3.05) is 13.7 Å². The number of methoxy groups -OCH3 is 1. The van der Waals surface area contributed by atoms with E-state index in [9.17, 15) is 19.2 Å². The van der Waals surface area contributed by atoms with E-state index in [0.717, 1.165) is 17.7 Å². The number of hydrogen-bond acceptors (Lipinski definition) is 7. The van der Waals surface area contributed by atoms with Crippen molar-refractivity contribution in [3.63, 3.8) is 0 Å². The molecule has 0 unspecified atom stereocenters. The number of amides is 3. The van der Waals surface area contributed by atoms with Gasteiger partial charge in [0, 0.05) is 38.3 Å². The molecule has 0 bridgehead atoms. The van der Waals surface area contributed by atoms with Crippen LogP contribution in [0, 0.1) is 5.41 Å². The lowest BCUT2D eigenvalue weighted by Crippen LogP contribution is -2.52. The van der Waals surface area contributed by atoms with Crippen LogP contribution >= 0.6 is 0 Å². The van der Waals surface area contributed by atoms with E-state index in [0.29, 0.717) is 19.4 Å². The molecule has 2 heterocycles. The molecule has 3 atom stereocenters. The normalized spacial score (nSPS) is 16.9. The fraction of sp³-hybridized carbons (Fsp3) is 0.531. The van der Waals surface area contributed by atoms with Gasteiger partial charge in [0.2, 0.25) is 11.8 Å². The van der Waals surface area contributed by atoms with Crippen LogP contribution in [0.1, 0.15) is 58.7 Å². The van der Waals surface area contributed by atoms with E-state index in [1.54, 1.807) is 62.7 Å². The van der Waals surface area contributed by atoms with Crippen molar-refractivity contribution in [3.05, 3.63) is 66.3 Å². The Morgan fingerprint density at radius 1 is 1.05 bits per heavy atom. The largest absolute Gasteiger partial charge is 0.467 e. The summed E-state index contributed by atoms with van der Waals surface area (Å²) in [5.74, 6) is -1.11. The standard InChI is InChI=1S/C32H45N5O6/c1-31(2,3)43-30(41)35-25(19-24-20-33-21-36(24)6)27(38)37-17-11-14-23(37)15-16-32(4,5)29(40)34-26(28(39)42-7)18-22-12-9-8-10-13-22/h8-10,12-13,15-16,20-21,23,25-26H,11,14,17-19H2,1-7H3,(H,34,40)(H,35,41)/b16-15+/t23-,25+,26+/m1/s1. The Morgan fingerprint density at radius 3 is 2.35 bits per heavy atom. The minimum atomic E-state index is -0.983. The van der Waals surface area contributed by atoms with Crippen LogP contribution < -0.4 is 10.6 Å². The number of carbonyl (C=O) groups excluding carboxylic acids is 4. The Bertz CT molecular complexity index is 1300. The molecule has 3 amide bonds. The number of benzene rings is 1. The average Bonchev–Trinajstić information content (AvgIpc) is 3.58. The molecule has 1 saturated heterocycles. The fourth-order valence-electron chi connectivity index (χ4n) is 4.86. The van der Waals surface area contributed by atoms with Crippen LogP contribution in [-0.4, -0.2) is 75.7 Å². The quantitative estimate of drug-likeness (QED) is 0.301. The van der Waals surface area contributed by atoms with E-state index < -0.39 is 35.2 Å². The van der Waals surface area contributed by atoms with Crippen LogP contribution in [0.5, 0.6) is 0 Å². The fourth-order valence-corrected chi connectivity index (χ4v) is 4.86. The van der Waals surface area contributed by atoms with Crippen LogP contribution in [0.2, 0.25) is 0 Å². The van der Waals surface area contributed by atoms with Crippen LogP contribution in [0.25, 0.3) is 0 Å². The molecule has 1 aromatic carbocycles. The highest BCUT2D eigenvalue weighted by Gasteiger charge is 2.36. The number of nitrogens with one attached hydrogen (secondary N) is 2. The zero-order chi connectivity index (χ0) is 31.8. The van der Waals surface area contributed by atoms with E-state index in [2.05, 4.69) is 15.6 Å². The Morgan fingerprint density at radius 2 is 1.74 bits per heavy atom. The molecule has 0 radical (unpaired) electrons. The monoisotopic (exact) mass is 595 g/mol. The summed E-state index contributed by atoms with van der Waals surface area (Å²) in [5.41, 5.74) is -0.0201. The third kappa shape index (κ3) is 9.69. The molecule has 43 heavy (non-hydrogen) atoms. The number of ether oxygens (including phenoxy) is 2. The number of aromatic nitrogens is 2. The number of hydrogen-bond donors (Lipinski definition) is 2. The molecule has 1 fully saturated rings. The first-order valence-corrected chi connectivity index (χ1v) is 14.6. The van der Waals surface area contributed by atoms with Gasteiger partial charge < -0.3 is 29.6 Å². The summed E-state index contributed by atoms with van der Waals surface area (Å²) in [6.07, 6.45) is 8.30. The van der Waals surface area contributed by atoms with Crippen molar-refractivity contribution in [1.29, 1.82) is 0 Å². The van der Waals surface area contributed by atoms with Crippen LogP contribution in [-0.2, 0) is 43.7 Å². The summed E-state index contributed by atoms with van der Waals surface area (Å²) in [6.45, 7) is 9.31. The van der Waals surface area contributed by atoms with Crippen molar-refractivity contribution < 1.29 is 28.7 Å². The van der Waals surface area contributed by atoms with E-state index in [4.69, 9.17) is 9.47 Å². The average molecular weight is 596 g/mol. The van der Waals surface area contributed by atoms with Crippen LogP contribution in [0.3, 0.4) is 0 Å². The van der Waals surface area contributed by atoms with E-state index in [1.165, 1.54) is 7.11 Å². The lowest BCUT2D eigenvalue weighted by atomic mass is 9.90. The van der Waals surface area contributed by atoms with Crippen LogP contribution in [0.4, 0.5) is 4.79 Å². The molecule has 1 aliphatic heterocycles. The predicted molar refractivity (Wildman–Crippen MR) is 162 cm³/mol. The van der Waals surface area contributed by atoms with Crippen molar-refractivity contribution in [2.45, 2.75) is 84.0 Å². The Kier molecular flexibility index (Phi) is 11.1. The van der Waals surface area contributed by atoms with Gasteiger partial charge in [0.05, 0.1) is 24.9 Å². The Hall–Kier alpha value is -4.15. The highest BCUT2D eigenvalue weighted by Crippen LogP contribution is 2.25. The predicted octanol–water partition coefficient (Wildman–Crippen LogP) is 3.33. The third-order valence-corrected chi connectivity index (χ3v) is 7.30. The molecule has 2 aromatic rings. The first-order chi connectivity index (χ1) is 20.2. The molecule has 1 aliphatic rings. The number of likely N-dealkylation sites (tertiary alicyclic amines) is 1. The first kappa shape index (κ1) is 33.4. The Balaban J connectivity index is 1.74. The minimum Gasteiger partial charge on any atom is -0.467 e. The summed E-state index contributed by atoms with van der Waals surface area (Å²) < 4.78 is 12.2. The highest BCUT2D eigenvalue weighted by atomic mass is 16.6. The van der Waals surface area contributed by atoms with Gasteiger partial charge >= 0.3 is 12.1 Å². The van der Waals surface area contributed by atoms with Gasteiger partial charge in [-0.15, -0.1) is 0 Å². The second-order valence-electron chi connectivity index (χ2n) is 12.5. The minimum absolute atomic E-state index is 0.241. The second-order valence-corrected chi connectivity index (χ2v) is 12.5. The third-order valence-electron chi connectivity index (χ3n) is 7.30. The summed E-state index contributed by atoms with van der Waals surface area (Å²) in [6, 6.07) is 7.42. The number of aryl methyl sites for hydroxylation is 1. The molecule has 0 saturated carbocycles. The van der Waals surface area contributed by atoms with Crippen molar-refractivity contribution in [1.82, 2.24) is 25.1 Å². The number of esters is 1. The maximum absolute atomic E-state index is 13.8. The van der Waals surface area contributed by atoms with Gasteiger partial charge in [0.25, 0.3) is 0 Å². The number of rotatable bonds is 11. The molecular weight excluding hydrogens is 550 g/mol. The molecule has 3 rings (SSSR count). The lowest BCUT2D eigenvalue weighted by molar-refractivity contribution is -0.146. The molecular formula is C32H45N5O6. The maximum atomic E-state index is 13.8. The van der Waals surface area contributed by atoms with E-state index in [-0.39, 0.29) is 24.3 Å². The van der Waals surface area contributed by atoms with Gasteiger partial charge in [-0.3, -0.25) is 9.59 Å². The summed E-state index contributed by atoms with van der Waals surface area (Å²) in [5, 5.41) is 5.60. The smallest absolute Gasteiger partial charge is 0.408 e. The first-order valence-electron chi connectivity index (χ1n) is 14.6. The van der Waals surface area contributed by atoms with Crippen molar-refractivity contribution >= 4 is 23.9 Å². The van der Waals surface area contributed by atoms with Gasteiger partial charge in [-0.25, -0.2) is 14.6 Å². The summed E-state index contributed by atoms with van der Waals surface area (Å²) in [7, 11) is 3.12. The van der Waals surface area contributed by atoms with Crippen LogP contribution in [0.15, 0.2) is 55.0 Å². The molecule has 11 nitrogen and oxygen atoms in total. The maximum Gasteiger partial charge on any atom is 0.408 e. The van der Waals surface area contributed by atoms with Crippen molar-refractivity contribution in [2.24, 2.45) is 12.5 Å². The molecule has 0 aliphatic carbocycles.